The molecule has 150 valence electrons. The fourth-order valence-corrected chi connectivity index (χ4v) is 4.31. The van der Waals surface area contributed by atoms with Gasteiger partial charge in [-0.1, -0.05) is 12.1 Å². The van der Waals surface area contributed by atoms with Crippen molar-refractivity contribution in [3.63, 3.8) is 0 Å². The normalized spacial score (nSPS) is 24.5. The molecule has 6 heteroatoms. The second-order valence-corrected chi connectivity index (χ2v) is 7.46. The van der Waals surface area contributed by atoms with Gasteiger partial charge in [-0.25, -0.2) is 0 Å². The molecule has 0 aromatic heterocycles. The average Bonchev–Trinajstić information content (AvgIpc) is 2.73. The van der Waals surface area contributed by atoms with E-state index in [1.165, 1.54) is 12.7 Å². The molecular weight excluding hydrogens is 344 g/mol. The second-order valence-electron chi connectivity index (χ2n) is 7.46. The van der Waals surface area contributed by atoms with Gasteiger partial charge in [-0.05, 0) is 43.0 Å². The predicted molar refractivity (Wildman–Crippen MR) is 104 cm³/mol. The Labute approximate surface area is 162 Å². The van der Waals surface area contributed by atoms with Gasteiger partial charge in [-0.3, -0.25) is 14.6 Å². The van der Waals surface area contributed by atoms with Gasteiger partial charge in [-0.2, -0.15) is 0 Å². The molecule has 0 bridgehead atoms. The molecule has 2 aliphatic heterocycles. The number of nitrogens with zero attached hydrogens (tertiary/aromatic N) is 2. The number of morpholine rings is 1. The Bertz CT molecular complexity index is 586. The van der Waals surface area contributed by atoms with Gasteiger partial charge >= 0.3 is 5.97 Å². The zero-order valence-corrected chi connectivity index (χ0v) is 16.6. The Morgan fingerprint density at radius 3 is 2.56 bits per heavy atom. The molecule has 0 spiro atoms. The summed E-state index contributed by atoms with van der Waals surface area (Å²) in [7, 11) is 3.16. The molecule has 2 fully saturated rings. The largest absolute Gasteiger partial charge is 0.497 e. The van der Waals surface area contributed by atoms with E-state index < -0.39 is 0 Å². The molecule has 1 aromatic rings. The number of methoxy groups -OCH3 is 2. The fourth-order valence-electron chi connectivity index (χ4n) is 4.31. The Balaban J connectivity index is 1.61. The van der Waals surface area contributed by atoms with E-state index in [-0.39, 0.29) is 5.97 Å². The summed E-state index contributed by atoms with van der Waals surface area (Å²) in [4.78, 5) is 16.8. The number of ether oxygens (including phenoxy) is 3. The first-order chi connectivity index (χ1) is 13.2. The first-order valence-corrected chi connectivity index (χ1v) is 9.93. The van der Waals surface area contributed by atoms with Crippen LogP contribution in [0.5, 0.6) is 5.75 Å². The maximum atomic E-state index is 11.7. The van der Waals surface area contributed by atoms with Crippen LogP contribution in [0.2, 0.25) is 0 Å². The molecule has 0 radical (unpaired) electrons. The predicted octanol–water partition coefficient (Wildman–Crippen LogP) is 2.17. The minimum atomic E-state index is -0.108. The summed E-state index contributed by atoms with van der Waals surface area (Å²) in [6.45, 7) is 6.67. The van der Waals surface area contributed by atoms with Gasteiger partial charge in [0.05, 0.1) is 27.4 Å². The Hall–Kier alpha value is -1.63. The van der Waals surface area contributed by atoms with E-state index in [1.807, 2.05) is 12.1 Å². The molecule has 6 nitrogen and oxygen atoms in total. The van der Waals surface area contributed by atoms with Gasteiger partial charge in [0, 0.05) is 38.6 Å². The topological polar surface area (TPSA) is 51.2 Å². The van der Waals surface area contributed by atoms with Crippen LogP contribution in [0.3, 0.4) is 0 Å². The third-order valence-corrected chi connectivity index (χ3v) is 5.80. The first kappa shape index (κ1) is 20.1. The van der Waals surface area contributed by atoms with E-state index in [0.717, 1.165) is 64.5 Å². The van der Waals surface area contributed by atoms with Gasteiger partial charge in [0.1, 0.15) is 5.75 Å². The Morgan fingerprint density at radius 1 is 1.15 bits per heavy atom. The Kier molecular flexibility index (Phi) is 7.50. The van der Waals surface area contributed by atoms with Crippen LogP contribution in [0.1, 0.15) is 24.8 Å². The standard InChI is InChI=1S/C21H32N2O4/c1-25-19-6-3-17(4-7-19)15-22-10-9-20(23-11-13-27-14-12-23)18(16-22)5-8-21(24)26-2/h3-4,6-7,18,20H,5,8-16H2,1-2H3/t18-,20+/m1/s1. The van der Waals surface area contributed by atoms with Crippen LogP contribution in [0.4, 0.5) is 0 Å². The molecule has 2 atom stereocenters. The summed E-state index contributed by atoms with van der Waals surface area (Å²) in [5, 5.41) is 0. The molecule has 27 heavy (non-hydrogen) atoms. The number of hydrogen-bond donors (Lipinski definition) is 0. The smallest absolute Gasteiger partial charge is 0.305 e. The average molecular weight is 376 g/mol. The van der Waals surface area contributed by atoms with Crippen molar-refractivity contribution in [2.75, 3.05) is 53.6 Å². The summed E-state index contributed by atoms with van der Waals surface area (Å²) in [5.41, 5.74) is 1.30. The molecule has 2 heterocycles. The summed E-state index contributed by atoms with van der Waals surface area (Å²) < 4.78 is 15.6. The summed E-state index contributed by atoms with van der Waals surface area (Å²) in [5.74, 6) is 1.26. The molecule has 0 unspecified atom stereocenters. The SMILES string of the molecule is COC(=O)CC[C@@H]1CN(Cc2ccc(OC)cc2)CC[C@@H]1N1CCOCC1. The lowest BCUT2D eigenvalue weighted by Gasteiger charge is -2.45. The quantitative estimate of drug-likeness (QED) is 0.680. The summed E-state index contributed by atoms with van der Waals surface area (Å²) in [6.07, 6.45) is 2.52. The fraction of sp³-hybridized carbons (Fsp3) is 0.667. The molecule has 0 N–H and O–H groups in total. The highest BCUT2D eigenvalue weighted by Gasteiger charge is 2.34. The first-order valence-electron chi connectivity index (χ1n) is 9.93. The lowest BCUT2D eigenvalue weighted by Crippen LogP contribution is -2.53. The number of carbonyl (C=O) groups excluding carboxylic acids is 1. The van der Waals surface area contributed by atoms with Gasteiger partial charge in [-0.15, -0.1) is 0 Å². The molecule has 0 saturated carbocycles. The van der Waals surface area contributed by atoms with E-state index in [9.17, 15) is 4.79 Å². The minimum absolute atomic E-state index is 0.108. The van der Waals surface area contributed by atoms with Crippen molar-refractivity contribution in [1.29, 1.82) is 0 Å². The van der Waals surface area contributed by atoms with Crippen molar-refractivity contribution in [3.8, 4) is 5.75 Å². The molecule has 3 rings (SSSR count). The van der Waals surface area contributed by atoms with E-state index >= 15 is 0 Å². The number of rotatable bonds is 7. The zero-order valence-electron chi connectivity index (χ0n) is 16.6. The third-order valence-electron chi connectivity index (χ3n) is 5.80. The number of benzene rings is 1. The van der Waals surface area contributed by atoms with Gasteiger partial charge in [0.25, 0.3) is 0 Å². The number of likely N-dealkylation sites (tertiary alicyclic amines) is 1. The van der Waals surface area contributed by atoms with Crippen molar-refractivity contribution in [2.45, 2.75) is 31.8 Å². The lowest BCUT2D eigenvalue weighted by atomic mass is 9.86. The van der Waals surface area contributed by atoms with E-state index in [1.54, 1.807) is 7.11 Å². The van der Waals surface area contributed by atoms with Gasteiger partial charge in [0.15, 0.2) is 0 Å². The van der Waals surface area contributed by atoms with Crippen molar-refractivity contribution in [1.82, 2.24) is 9.80 Å². The maximum absolute atomic E-state index is 11.7. The molecule has 2 aliphatic rings. The molecular formula is C21H32N2O4. The van der Waals surface area contributed by atoms with Crippen LogP contribution in [0.25, 0.3) is 0 Å². The van der Waals surface area contributed by atoms with E-state index in [4.69, 9.17) is 14.2 Å². The molecule has 0 amide bonds. The van der Waals surface area contributed by atoms with Crippen LogP contribution in [0.15, 0.2) is 24.3 Å². The zero-order chi connectivity index (χ0) is 19.1. The minimum Gasteiger partial charge on any atom is -0.497 e. The number of esters is 1. The molecule has 2 saturated heterocycles. The molecule has 0 aliphatic carbocycles. The molecule has 1 aromatic carbocycles. The van der Waals surface area contributed by atoms with Gasteiger partial charge in [0.2, 0.25) is 0 Å². The number of piperidine rings is 1. The summed E-state index contributed by atoms with van der Waals surface area (Å²) in [6, 6.07) is 8.84. The highest BCUT2D eigenvalue weighted by atomic mass is 16.5. The maximum Gasteiger partial charge on any atom is 0.305 e. The third kappa shape index (κ3) is 5.67. The van der Waals surface area contributed by atoms with Crippen LogP contribution in [-0.2, 0) is 20.8 Å². The van der Waals surface area contributed by atoms with Crippen LogP contribution in [-0.4, -0.2) is 75.4 Å². The highest BCUT2D eigenvalue weighted by molar-refractivity contribution is 5.69. The second kappa shape index (κ2) is 10.1. The number of carbonyl (C=O) groups is 1. The van der Waals surface area contributed by atoms with E-state index in [2.05, 4.69) is 21.9 Å². The van der Waals surface area contributed by atoms with Crippen molar-refractivity contribution < 1.29 is 19.0 Å². The van der Waals surface area contributed by atoms with Gasteiger partial charge < -0.3 is 14.2 Å². The number of hydrogen-bond acceptors (Lipinski definition) is 6. The van der Waals surface area contributed by atoms with Crippen molar-refractivity contribution >= 4 is 5.97 Å². The van der Waals surface area contributed by atoms with Crippen molar-refractivity contribution in [3.05, 3.63) is 29.8 Å². The van der Waals surface area contributed by atoms with Crippen LogP contribution >= 0.6 is 0 Å². The lowest BCUT2D eigenvalue weighted by molar-refractivity contribution is -0.141. The Morgan fingerprint density at radius 2 is 1.89 bits per heavy atom. The highest BCUT2D eigenvalue weighted by Crippen LogP contribution is 2.28. The van der Waals surface area contributed by atoms with E-state index in [0.29, 0.717) is 18.4 Å². The monoisotopic (exact) mass is 376 g/mol. The van der Waals surface area contributed by atoms with Crippen LogP contribution in [0, 0.1) is 5.92 Å². The van der Waals surface area contributed by atoms with Crippen molar-refractivity contribution in [2.24, 2.45) is 5.92 Å². The van der Waals surface area contributed by atoms with Crippen LogP contribution < -0.4 is 4.74 Å². The summed E-state index contributed by atoms with van der Waals surface area (Å²) >= 11 is 0.